The number of rotatable bonds is 1. The van der Waals surface area contributed by atoms with Crippen molar-refractivity contribution in [1.82, 2.24) is 15.2 Å². The molecular formula is C24H27N3O. The number of aromatic nitrogens is 1. The number of H-pyrrole nitrogens is 1. The van der Waals surface area contributed by atoms with Gasteiger partial charge in [0, 0.05) is 35.1 Å². The fourth-order valence-corrected chi connectivity index (χ4v) is 6.13. The first kappa shape index (κ1) is 16.8. The van der Waals surface area contributed by atoms with Crippen molar-refractivity contribution in [3.8, 4) is 0 Å². The van der Waals surface area contributed by atoms with Gasteiger partial charge < -0.3 is 15.4 Å². The number of fused-ring (bicyclic) bond motifs is 5. The van der Waals surface area contributed by atoms with Crippen LogP contribution in [-0.4, -0.2) is 40.7 Å². The van der Waals surface area contributed by atoms with Crippen LogP contribution < -0.4 is 5.32 Å². The molecule has 0 saturated carbocycles. The Hall–Kier alpha value is -2.14. The zero-order valence-electron chi connectivity index (χ0n) is 16.1. The maximum absolute atomic E-state index is 11.6. The molecule has 1 aromatic heterocycles. The van der Waals surface area contributed by atoms with Crippen molar-refractivity contribution in [3.63, 3.8) is 0 Å². The summed E-state index contributed by atoms with van der Waals surface area (Å²) in [7, 11) is 0. The number of aliphatic hydroxyl groups is 1. The largest absolute Gasteiger partial charge is 0.390 e. The van der Waals surface area contributed by atoms with Gasteiger partial charge in [0.1, 0.15) is 0 Å². The topological polar surface area (TPSA) is 51.3 Å². The molecule has 28 heavy (non-hydrogen) atoms. The lowest BCUT2D eigenvalue weighted by molar-refractivity contribution is -0.00696. The van der Waals surface area contributed by atoms with Crippen molar-refractivity contribution < 1.29 is 5.11 Å². The average molecular weight is 374 g/mol. The maximum atomic E-state index is 11.6. The van der Waals surface area contributed by atoms with Gasteiger partial charge in [0.2, 0.25) is 0 Å². The summed E-state index contributed by atoms with van der Waals surface area (Å²) in [5.41, 5.74) is 6.66. The summed E-state index contributed by atoms with van der Waals surface area (Å²) in [6.07, 6.45) is 2.75. The van der Waals surface area contributed by atoms with Crippen molar-refractivity contribution in [2.24, 2.45) is 0 Å². The van der Waals surface area contributed by atoms with E-state index in [0.717, 1.165) is 45.4 Å². The Morgan fingerprint density at radius 2 is 1.79 bits per heavy atom. The molecule has 3 heterocycles. The number of nitrogens with zero attached hydrogens (tertiary/aromatic N) is 1. The van der Waals surface area contributed by atoms with E-state index in [1.165, 1.54) is 33.3 Å². The maximum Gasteiger partial charge on any atom is 0.0834 e. The Morgan fingerprint density at radius 1 is 1.00 bits per heavy atom. The highest BCUT2D eigenvalue weighted by Crippen LogP contribution is 2.52. The average Bonchev–Trinajstić information content (AvgIpc) is 3.22. The van der Waals surface area contributed by atoms with E-state index in [9.17, 15) is 5.11 Å². The van der Waals surface area contributed by atoms with E-state index in [1.54, 1.807) is 0 Å². The van der Waals surface area contributed by atoms with E-state index in [2.05, 4.69) is 63.7 Å². The van der Waals surface area contributed by atoms with Gasteiger partial charge in [0.25, 0.3) is 0 Å². The summed E-state index contributed by atoms with van der Waals surface area (Å²) >= 11 is 0. The highest BCUT2D eigenvalue weighted by atomic mass is 16.3. The van der Waals surface area contributed by atoms with Crippen LogP contribution in [0.2, 0.25) is 0 Å². The van der Waals surface area contributed by atoms with Crippen molar-refractivity contribution in [2.45, 2.75) is 43.4 Å². The normalized spacial score (nSPS) is 26.5. The number of hydrogen-bond acceptors (Lipinski definition) is 3. The molecule has 3 N–H and O–H groups in total. The van der Waals surface area contributed by atoms with Crippen molar-refractivity contribution in [3.05, 3.63) is 70.9 Å². The monoisotopic (exact) mass is 373 g/mol. The number of aromatic amines is 1. The van der Waals surface area contributed by atoms with Crippen LogP contribution in [0, 0.1) is 0 Å². The quantitative estimate of drug-likeness (QED) is 0.614. The Kier molecular flexibility index (Phi) is 3.70. The molecule has 2 atom stereocenters. The van der Waals surface area contributed by atoms with Crippen LogP contribution in [-0.2, 0) is 18.4 Å². The first-order valence-corrected chi connectivity index (χ1v) is 10.6. The predicted octanol–water partition coefficient (Wildman–Crippen LogP) is 3.26. The van der Waals surface area contributed by atoms with Gasteiger partial charge in [-0.1, -0.05) is 42.5 Å². The number of para-hydroxylation sites is 1. The molecule has 0 radical (unpaired) electrons. The molecule has 0 bridgehead atoms. The molecule has 4 nitrogen and oxygen atoms in total. The molecule has 1 fully saturated rings. The number of nitrogens with one attached hydrogen (secondary N) is 2. The van der Waals surface area contributed by atoms with Crippen LogP contribution in [0.1, 0.15) is 41.3 Å². The zero-order chi connectivity index (χ0) is 18.7. The zero-order valence-corrected chi connectivity index (χ0v) is 16.1. The number of piperidine rings is 1. The highest BCUT2D eigenvalue weighted by Gasteiger charge is 2.53. The highest BCUT2D eigenvalue weighted by molar-refractivity contribution is 5.84. The SMILES string of the molecule is O[C@@H]1[C@@H](N2CCc3c([nH]c4ccccc34)C2)c2ccccc2C12CCNCC2. The van der Waals surface area contributed by atoms with Crippen molar-refractivity contribution >= 4 is 10.9 Å². The van der Waals surface area contributed by atoms with Crippen LogP contribution in [0.25, 0.3) is 10.9 Å². The summed E-state index contributed by atoms with van der Waals surface area (Å²) in [4.78, 5) is 6.16. The lowest BCUT2D eigenvalue weighted by Crippen LogP contribution is -2.49. The molecule has 4 heteroatoms. The van der Waals surface area contributed by atoms with Crippen LogP contribution in [0.15, 0.2) is 48.5 Å². The van der Waals surface area contributed by atoms with E-state index in [1.807, 2.05) is 0 Å². The minimum Gasteiger partial charge on any atom is -0.390 e. The number of hydrogen-bond donors (Lipinski definition) is 3. The third-order valence-corrected chi connectivity index (χ3v) is 7.48. The van der Waals surface area contributed by atoms with Crippen LogP contribution in [0.3, 0.4) is 0 Å². The smallest absolute Gasteiger partial charge is 0.0834 e. The van der Waals surface area contributed by atoms with Gasteiger partial charge in [-0.15, -0.1) is 0 Å². The molecule has 1 saturated heterocycles. The second kappa shape index (κ2) is 6.18. The molecule has 1 aliphatic carbocycles. The fraction of sp³-hybridized carbons (Fsp3) is 0.417. The minimum absolute atomic E-state index is 0.0900. The minimum atomic E-state index is -0.335. The first-order valence-electron chi connectivity index (χ1n) is 10.6. The van der Waals surface area contributed by atoms with Gasteiger partial charge >= 0.3 is 0 Å². The third kappa shape index (κ3) is 2.22. The van der Waals surface area contributed by atoms with Crippen molar-refractivity contribution in [2.75, 3.05) is 19.6 Å². The summed E-state index contributed by atoms with van der Waals surface area (Å²) in [5.74, 6) is 0. The lowest BCUT2D eigenvalue weighted by atomic mass is 9.72. The second-order valence-corrected chi connectivity index (χ2v) is 8.73. The molecule has 6 rings (SSSR count). The van der Waals surface area contributed by atoms with E-state index >= 15 is 0 Å². The first-order chi connectivity index (χ1) is 13.8. The van der Waals surface area contributed by atoms with Gasteiger partial charge in [-0.25, -0.2) is 0 Å². The van der Waals surface area contributed by atoms with E-state index < -0.39 is 0 Å². The molecule has 2 aliphatic heterocycles. The lowest BCUT2D eigenvalue weighted by Gasteiger charge is -2.41. The Morgan fingerprint density at radius 3 is 2.68 bits per heavy atom. The molecule has 0 unspecified atom stereocenters. The Balaban J connectivity index is 1.40. The van der Waals surface area contributed by atoms with E-state index in [4.69, 9.17) is 0 Å². The van der Waals surface area contributed by atoms with Gasteiger partial charge in [-0.2, -0.15) is 0 Å². The summed E-state index contributed by atoms with van der Waals surface area (Å²) in [6.45, 7) is 3.86. The van der Waals surface area contributed by atoms with Gasteiger partial charge in [0.05, 0.1) is 12.1 Å². The van der Waals surface area contributed by atoms with E-state index in [0.29, 0.717) is 0 Å². The van der Waals surface area contributed by atoms with Crippen LogP contribution in [0.5, 0.6) is 0 Å². The summed E-state index contributed by atoms with van der Waals surface area (Å²) in [6, 6.07) is 17.5. The standard InChI is InChI=1S/C24H27N3O/c28-23-22(18-6-1-3-7-19(18)24(23)10-12-25-13-11-24)27-14-9-17-16-5-2-4-8-20(16)26-21(17)15-27/h1-8,22-23,25-26,28H,9-15H2/t22-,23+/m0/s1. The molecule has 2 aromatic carbocycles. The number of benzene rings is 2. The summed E-state index contributed by atoms with van der Waals surface area (Å²) in [5, 5.41) is 16.5. The van der Waals surface area contributed by atoms with Gasteiger partial charge in [0.15, 0.2) is 0 Å². The third-order valence-electron chi connectivity index (χ3n) is 7.48. The van der Waals surface area contributed by atoms with Crippen LogP contribution >= 0.6 is 0 Å². The van der Waals surface area contributed by atoms with Crippen LogP contribution in [0.4, 0.5) is 0 Å². The fourth-order valence-electron chi connectivity index (χ4n) is 6.13. The van der Waals surface area contributed by atoms with Gasteiger partial charge in [-0.05, 0) is 55.1 Å². The molecule has 3 aromatic rings. The molecular weight excluding hydrogens is 346 g/mol. The van der Waals surface area contributed by atoms with Crippen molar-refractivity contribution in [1.29, 1.82) is 0 Å². The second-order valence-electron chi connectivity index (χ2n) is 8.73. The Labute approximate surface area is 165 Å². The molecule has 144 valence electrons. The molecule has 1 spiro atoms. The predicted molar refractivity (Wildman–Crippen MR) is 111 cm³/mol. The number of aliphatic hydroxyl groups excluding tert-OH is 1. The molecule has 0 amide bonds. The Bertz CT molecular complexity index is 1030. The molecule has 3 aliphatic rings. The van der Waals surface area contributed by atoms with E-state index in [-0.39, 0.29) is 17.6 Å². The van der Waals surface area contributed by atoms with Gasteiger partial charge in [-0.3, -0.25) is 4.90 Å². The summed E-state index contributed by atoms with van der Waals surface area (Å²) < 4.78 is 0.